The van der Waals surface area contributed by atoms with E-state index in [0.29, 0.717) is 19.0 Å². The molecule has 1 atom stereocenters. The van der Waals surface area contributed by atoms with E-state index in [1.807, 2.05) is 48.5 Å². The number of aromatic nitrogens is 6. The van der Waals surface area contributed by atoms with Gasteiger partial charge in [0.1, 0.15) is 6.33 Å². The van der Waals surface area contributed by atoms with Crippen molar-refractivity contribution in [3.05, 3.63) is 60.2 Å². The molecule has 2 heterocycles. The lowest BCUT2D eigenvalue weighted by Crippen LogP contribution is -2.39. The Morgan fingerprint density at radius 3 is 2.58 bits per heavy atom. The number of carbonyl (C=O) groups is 1. The van der Waals surface area contributed by atoms with Gasteiger partial charge in [-0.3, -0.25) is 9.48 Å². The van der Waals surface area contributed by atoms with Crippen LogP contribution >= 0.6 is 0 Å². The number of nitrogens with zero attached hydrogens (tertiary/aromatic N) is 7. The SMILES string of the molecule is CC(C)CN(Cc1cnn(C)c1)C(=O)C(c1ccccc1)n1cnnn1. The van der Waals surface area contributed by atoms with Crippen molar-refractivity contribution < 1.29 is 4.79 Å². The van der Waals surface area contributed by atoms with Gasteiger partial charge in [0, 0.05) is 31.9 Å². The smallest absolute Gasteiger partial charge is 0.252 e. The van der Waals surface area contributed by atoms with Crippen LogP contribution in [0.3, 0.4) is 0 Å². The third kappa shape index (κ3) is 4.14. The average Bonchev–Trinajstić information content (AvgIpc) is 3.27. The van der Waals surface area contributed by atoms with Crippen molar-refractivity contribution in [2.75, 3.05) is 6.54 Å². The van der Waals surface area contributed by atoms with Gasteiger partial charge in [-0.1, -0.05) is 44.2 Å². The third-order valence-electron chi connectivity index (χ3n) is 4.01. The first kappa shape index (κ1) is 17.8. The molecule has 8 nitrogen and oxygen atoms in total. The Morgan fingerprint density at radius 2 is 2.00 bits per heavy atom. The summed E-state index contributed by atoms with van der Waals surface area (Å²) in [6.45, 7) is 5.33. The topological polar surface area (TPSA) is 81.7 Å². The van der Waals surface area contributed by atoms with Gasteiger partial charge in [0.05, 0.1) is 6.20 Å². The standard InChI is InChI=1S/C18H23N7O/c1-14(2)10-24(12-15-9-20-23(3)11-15)18(26)17(25-13-19-21-22-25)16-7-5-4-6-8-16/h4-9,11,13-14,17H,10,12H2,1-3H3. The zero-order valence-electron chi connectivity index (χ0n) is 15.2. The highest BCUT2D eigenvalue weighted by atomic mass is 16.2. The van der Waals surface area contributed by atoms with Crippen LogP contribution in [0.5, 0.6) is 0 Å². The molecule has 0 N–H and O–H groups in total. The normalized spacial score (nSPS) is 12.3. The van der Waals surface area contributed by atoms with Crippen LogP contribution in [0.15, 0.2) is 49.1 Å². The van der Waals surface area contributed by atoms with Gasteiger partial charge in [-0.25, -0.2) is 4.68 Å². The third-order valence-corrected chi connectivity index (χ3v) is 4.01. The van der Waals surface area contributed by atoms with Gasteiger partial charge >= 0.3 is 0 Å². The predicted octanol–water partition coefficient (Wildman–Crippen LogP) is 1.68. The van der Waals surface area contributed by atoms with Gasteiger partial charge < -0.3 is 4.90 Å². The molecule has 0 fully saturated rings. The molecule has 1 aromatic carbocycles. The highest BCUT2D eigenvalue weighted by Crippen LogP contribution is 2.21. The molecule has 3 aromatic rings. The Morgan fingerprint density at radius 1 is 1.23 bits per heavy atom. The summed E-state index contributed by atoms with van der Waals surface area (Å²) in [5, 5.41) is 15.6. The number of hydrogen-bond donors (Lipinski definition) is 0. The fraction of sp³-hybridized carbons (Fsp3) is 0.389. The summed E-state index contributed by atoms with van der Waals surface area (Å²) in [4.78, 5) is 15.3. The molecule has 0 aliphatic heterocycles. The summed E-state index contributed by atoms with van der Waals surface area (Å²) in [5.74, 6) is 0.293. The minimum atomic E-state index is -0.596. The van der Waals surface area contributed by atoms with Crippen LogP contribution in [0.2, 0.25) is 0 Å². The molecule has 1 unspecified atom stereocenters. The maximum Gasteiger partial charge on any atom is 0.252 e. The first-order valence-corrected chi connectivity index (χ1v) is 8.58. The Kier molecular flexibility index (Phi) is 5.40. The molecule has 0 bridgehead atoms. The number of benzene rings is 1. The van der Waals surface area contributed by atoms with E-state index in [1.54, 1.807) is 10.9 Å². The van der Waals surface area contributed by atoms with Gasteiger partial charge in [-0.15, -0.1) is 5.10 Å². The summed E-state index contributed by atoms with van der Waals surface area (Å²) in [7, 11) is 1.87. The fourth-order valence-corrected chi connectivity index (χ4v) is 2.95. The molecule has 8 heteroatoms. The number of amides is 1. The second-order valence-electron chi connectivity index (χ2n) is 6.74. The van der Waals surface area contributed by atoms with Crippen LogP contribution < -0.4 is 0 Å². The van der Waals surface area contributed by atoms with Gasteiger partial charge in [-0.2, -0.15) is 5.10 Å². The molecule has 0 spiro atoms. The van der Waals surface area contributed by atoms with Crippen molar-refractivity contribution in [1.82, 2.24) is 34.9 Å². The lowest BCUT2D eigenvalue weighted by Gasteiger charge is -2.28. The summed E-state index contributed by atoms with van der Waals surface area (Å²) < 4.78 is 3.25. The van der Waals surface area contributed by atoms with Gasteiger partial charge in [0.15, 0.2) is 6.04 Å². The van der Waals surface area contributed by atoms with E-state index in [1.165, 1.54) is 11.0 Å². The zero-order chi connectivity index (χ0) is 18.5. The largest absolute Gasteiger partial charge is 0.336 e. The number of rotatable bonds is 7. The quantitative estimate of drug-likeness (QED) is 0.645. The molecule has 0 aliphatic rings. The van der Waals surface area contributed by atoms with Crippen LogP contribution in [-0.2, 0) is 18.4 Å². The Balaban J connectivity index is 1.93. The maximum atomic E-state index is 13.5. The molecule has 136 valence electrons. The Labute approximate surface area is 152 Å². The minimum absolute atomic E-state index is 0.0407. The lowest BCUT2D eigenvalue weighted by molar-refractivity contribution is -0.135. The van der Waals surface area contributed by atoms with Crippen LogP contribution in [0.25, 0.3) is 0 Å². The average molecular weight is 353 g/mol. The van der Waals surface area contributed by atoms with Gasteiger partial charge in [-0.05, 0) is 21.9 Å². The molecule has 0 saturated carbocycles. The molecule has 0 saturated heterocycles. The molecular formula is C18H23N7O. The summed E-state index contributed by atoms with van der Waals surface area (Å²) in [5.41, 5.74) is 1.84. The summed E-state index contributed by atoms with van der Waals surface area (Å²) in [6.07, 6.45) is 5.19. The van der Waals surface area contributed by atoms with E-state index in [0.717, 1.165) is 11.1 Å². The highest BCUT2D eigenvalue weighted by Gasteiger charge is 2.29. The van der Waals surface area contributed by atoms with Crippen molar-refractivity contribution in [3.8, 4) is 0 Å². The number of tetrazole rings is 1. The van der Waals surface area contributed by atoms with E-state index < -0.39 is 6.04 Å². The molecule has 2 aromatic heterocycles. The monoisotopic (exact) mass is 353 g/mol. The van der Waals surface area contributed by atoms with Gasteiger partial charge in [0.25, 0.3) is 5.91 Å². The molecule has 0 radical (unpaired) electrons. The number of hydrogen-bond acceptors (Lipinski definition) is 5. The minimum Gasteiger partial charge on any atom is -0.336 e. The van der Waals surface area contributed by atoms with Crippen LogP contribution in [0, 0.1) is 5.92 Å². The summed E-state index contributed by atoms with van der Waals surface area (Å²) in [6, 6.07) is 8.99. The van der Waals surface area contributed by atoms with Crippen molar-refractivity contribution in [3.63, 3.8) is 0 Å². The van der Waals surface area contributed by atoms with Crippen LogP contribution in [-0.4, -0.2) is 47.3 Å². The summed E-state index contributed by atoms with van der Waals surface area (Å²) >= 11 is 0. The van der Waals surface area contributed by atoms with Crippen molar-refractivity contribution in [2.45, 2.75) is 26.4 Å². The van der Waals surface area contributed by atoms with E-state index in [4.69, 9.17) is 0 Å². The Hall–Kier alpha value is -3.03. The Bertz CT molecular complexity index is 826. The first-order chi connectivity index (χ1) is 12.5. The second-order valence-corrected chi connectivity index (χ2v) is 6.74. The molecular weight excluding hydrogens is 330 g/mol. The van der Waals surface area contributed by atoms with Crippen LogP contribution in [0.1, 0.15) is 31.0 Å². The number of carbonyl (C=O) groups excluding carboxylic acids is 1. The molecule has 3 rings (SSSR count). The van der Waals surface area contributed by atoms with Crippen LogP contribution in [0.4, 0.5) is 0 Å². The van der Waals surface area contributed by atoms with E-state index >= 15 is 0 Å². The molecule has 26 heavy (non-hydrogen) atoms. The zero-order valence-corrected chi connectivity index (χ0v) is 15.2. The lowest BCUT2D eigenvalue weighted by atomic mass is 10.0. The van der Waals surface area contributed by atoms with E-state index in [9.17, 15) is 4.79 Å². The fourth-order valence-electron chi connectivity index (χ4n) is 2.95. The second kappa shape index (κ2) is 7.90. The highest BCUT2D eigenvalue weighted by molar-refractivity contribution is 5.83. The molecule has 0 aliphatic carbocycles. The first-order valence-electron chi connectivity index (χ1n) is 8.58. The molecule has 1 amide bonds. The number of aryl methyl sites for hydroxylation is 1. The van der Waals surface area contributed by atoms with Gasteiger partial charge in [0.2, 0.25) is 0 Å². The van der Waals surface area contributed by atoms with Crippen molar-refractivity contribution in [1.29, 1.82) is 0 Å². The maximum absolute atomic E-state index is 13.5. The van der Waals surface area contributed by atoms with E-state index in [-0.39, 0.29) is 5.91 Å². The van der Waals surface area contributed by atoms with Crippen molar-refractivity contribution >= 4 is 5.91 Å². The van der Waals surface area contributed by atoms with Crippen molar-refractivity contribution in [2.24, 2.45) is 13.0 Å². The predicted molar refractivity (Wildman–Crippen MR) is 95.9 cm³/mol. The van der Waals surface area contributed by atoms with E-state index in [2.05, 4.69) is 34.5 Å².